The smallest absolute Gasteiger partial charge is 0.0455 e. The number of hydrogen-bond donors (Lipinski definition) is 0. The Morgan fingerprint density at radius 3 is 2.70 bits per heavy atom. The topological polar surface area (TPSA) is 6.48 Å². The summed E-state index contributed by atoms with van der Waals surface area (Å²) in [5, 5.41) is 3.60. The fourth-order valence-electron chi connectivity index (χ4n) is 2.90. The van der Waals surface area contributed by atoms with Crippen LogP contribution in [-0.2, 0) is 0 Å². The van der Waals surface area contributed by atoms with Gasteiger partial charge >= 0.3 is 0 Å². The molecule has 0 aliphatic carbocycles. The Labute approximate surface area is 129 Å². The molecule has 0 saturated carbocycles. The van der Waals surface area contributed by atoms with E-state index in [1.165, 1.54) is 41.8 Å². The summed E-state index contributed by atoms with van der Waals surface area (Å²) in [5.41, 5.74) is 1.41. The average molecular weight is 309 g/mol. The van der Waals surface area contributed by atoms with Gasteiger partial charge in [0.15, 0.2) is 0 Å². The highest BCUT2D eigenvalue weighted by molar-refractivity contribution is 7.17. The van der Waals surface area contributed by atoms with Crippen LogP contribution in [-0.4, -0.2) is 43.5 Å². The molecule has 0 N–H and O–H groups in total. The molecule has 2 nitrogen and oxygen atoms in total. The molecule has 1 aromatic heterocycles. The predicted octanol–water partition coefficient (Wildman–Crippen LogP) is 4.04. The zero-order valence-corrected chi connectivity index (χ0v) is 13.3. The van der Waals surface area contributed by atoms with Crippen LogP contribution in [0.15, 0.2) is 29.6 Å². The van der Waals surface area contributed by atoms with Crippen LogP contribution in [0.25, 0.3) is 10.1 Å². The first-order valence-electron chi connectivity index (χ1n) is 7.38. The number of nitrogens with zero attached hydrogens (tertiary/aromatic N) is 2. The molecule has 0 bridgehead atoms. The third-order valence-electron chi connectivity index (χ3n) is 4.04. The van der Waals surface area contributed by atoms with Crippen LogP contribution in [0.2, 0.25) is 0 Å². The van der Waals surface area contributed by atoms with Crippen molar-refractivity contribution in [3.8, 4) is 0 Å². The van der Waals surface area contributed by atoms with E-state index in [4.69, 9.17) is 11.6 Å². The molecule has 0 radical (unpaired) electrons. The minimum Gasteiger partial charge on any atom is -0.368 e. The van der Waals surface area contributed by atoms with Crippen molar-refractivity contribution < 1.29 is 0 Å². The van der Waals surface area contributed by atoms with Gasteiger partial charge in [0.1, 0.15) is 0 Å². The van der Waals surface area contributed by atoms with Gasteiger partial charge < -0.3 is 4.90 Å². The van der Waals surface area contributed by atoms with Gasteiger partial charge in [-0.2, -0.15) is 0 Å². The highest BCUT2D eigenvalue weighted by atomic mass is 35.5. The molecular weight excluding hydrogens is 288 g/mol. The molecule has 108 valence electrons. The van der Waals surface area contributed by atoms with Gasteiger partial charge in [-0.15, -0.1) is 22.9 Å². The second-order valence-electron chi connectivity index (χ2n) is 5.33. The van der Waals surface area contributed by atoms with Gasteiger partial charge in [0.05, 0.1) is 0 Å². The first kappa shape index (κ1) is 14.2. The summed E-state index contributed by atoms with van der Waals surface area (Å²) in [6.45, 7) is 5.81. The van der Waals surface area contributed by atoms with E-state index >= 15 is 0 Å². The van der Waals surface area contributed by atoms with E-state index in [0.29, 0.717) is 0 Å². The summed E-state index contributed by atoms with van der Waals surface area (Å²) < 4.78 is 1.40. The summed E-state index contributed by atoms with van der Waals surface area (Å²) in [4.78, 5) is 5.10. The molecule has 0 amide bonds. The molecule has 1 aromatic carbocycles. The number of hydrogen-bond acceptors (Lipinski definition) is 3. The molecule has 2 heterocycles. The molecule has 20 heavy (non-hydrogen) atoms. The molecule has 0 unspecified atom stereocenters. The molecule has 2 aromatic rings. The molecule has 0 atom stereocenters. The Hall–Kier alpha value is -0.770. The van der Waals surface area contributed by atoms with Crippen molar-refractivity contribution in [3.05, 3.63) is 29.6 Å². The first-order chi connectivity index (χ1) is 9.88. The minimum absolute atomic E-state index is 0.792. The van der Waals surface area contributed by atoms with E-state index < -0.39 is 0 Å². The predicted molar refractivity (Wildman–Crippen MR) is 90.4 cm³/mol. The number of rotatable bonds is 5. The number of benzene rings is 1. The summed E-state index contributed by atoms with van der Waals surface area (Å²) >= 11 is 7.57. The average Bonchev–Trinajstić information content (AvgIpc) is 2.97. The summed E-state index contributed by atoms with van der Waals surface area (Å²) in [5.74, 6) is 0.792. The van der Waals surface area contributed by atoms with Crippen molar-refractivity contribution in [3.63, 3.8) is 0 Å². The summed E-state index contributed by atoms with van der Waals surface area (Å²) in [7, 11) is 0. The van der Waals surface area contributed by atoms with Gasteiger partial charge in [0.25, 0.3) is 0 Å². The van der Waals surface area contributed by atoms with E-state index in [1.807, 2.05) is 11.3 Å². The molecule has 1 aliphatic heterocycles. The van der Waals surface area contributed by atoms with Gasteiger partial charge in [-0.3, -0.25) is 4.90 Å². The zero-order valence-electron chi connectivity index (χ0n) is 11.7. The van der Waals surface area contributed by atoms with Crippen LogP contribution in [0, 0.1) is 0 Å². The van der Waals surface area contributed by atoms with E-state index in [2.05, 4.69) is 39.4 Å². The largest absolute Gasteiger partial charge is 0.368 e. The number of unbranched alkanes of at least 4 members (excludes halogenated alkanes) is 1. The molecule has 3 rings (SSSR count). The van der Waals surface area contributed by atoms with E-state index in [0.717, 1.165) is 25.4 Å². The molecule has 0 spiro atoms. The van der Waals surface area contributed by atoms with Crippen molar-refractivity contribution in [2.75, 3.05) is 43.5 Å². The fourth-order valence-corrected chi connectivity index (χ4v) is 3.89. The van der Waals surface area contributed by atoms with Crippen LogP contribution in [0.1, 0.15) is 12.8 Å². The monoisotopic (exact) mass is 308 g/mol. The number of piperazine rings is 1. The number of alkyl halides is 1. The van der Waals surface area contributed by atoms with Gasteiger partial charge in [0.2, 0.25) is 0 Å². The van der Waals surface area contributed by atoms with Crippen molar-refractivity contribution in [2.45, 2.75) is 12.8 Å². The van der Waals surface area contributed by atoms with Crippen molar-refractivity contribution in [1.29, 1.82) is 0 Å². The first-order valence-corrected chi connectivity index (χ1v) is 8.79. The number of thiophene rings is 1. The lowest BCUT2D eigenvalue weighted by molar-refractivity contribution is 0.254. The molecule has 4 heteroatoms. The van der Waals surface area contributed by atoms with Crippen LogP contribution < -0.4 is 4.90 Å². The molecular formula is C16H21ClN2S. The minimum atomic E-state index is 0.792. The summed E-state index contributed by atoms with van der Waals surface area (Å²) in [6, 6.07) is 8.91. The van der Waals surface area contributed by atoms with Gasteiger partial charge in [-0.25, -0.2) is 0 Å². The van der Waals surface area contributed by atoms with E-state index in [9.17, 15) is 0 Å². The third kappa shape index (κ3) is 3.11. The van der Waals surface area contributed by atoms with Gasteiger partial charge in [-0.1, -0.05) is 6.07 Å². The number of fused-ring (bicyclic) bond motifs is 1. The second-order valence-corrected chi connectivity index (χ2v) is 6.66. The Morgan fingerprint density at radius 2 is 1.90 bits per heavy atom. The standard InChI is InChI=1S/C16H21ClN2S/c17-7-1-2-8-18-9-11-19(12-10-18)15-4-3-5-16-14(15)6-13-20-16/h3-6,13H,1-2,7-12H2. The highest BCUT2D eigenvalue weighted by Crippen LogP contribution is 2.31. The number of halogens is 1. The maximum atomic E-state index is 5.74. The van der Waals surface area contributed by atoms with Crippen molar-refractivity contribution in [2.24, 2.45) is 0 Å². The van der Waals surface area contributed by atoms with Crippen LogP contribution in [0.5, 0.6) is 0 Å². The lowest BCUT2D eigenvalue weighted by atomic mass is 10.2. The number of anilines is 1. The third-order valence-corrected chi connectivity index (χ3v) is 5.19. The zero-order chi connectivity index (χ0) is 13.8. The summed E-state index contributed by atoms with van der Waals surface area (Å²) in [6.07, 6.45) is 2.36. The van der Waals surface area contributed by atoms with Crippen molar-refractivity contribution in [1.82, 2.24) is 4.90 Å². The Bertz CT molecular complexity index is 546. The quantitative estimate of drug-likeness (QED) is 0.607. The normalized spacial score (nSPS) is 16.9. The molecule has 1 fully saturated rings. The second kappa shape index (κ2) is 6.79. The Morgan fingerprint density at radius 1 is 1.05 bits per heavy atom. The Balaban J connectivity index is 1.62. The van der Waals surface area contributed by atoms with Gasteiger partial charge in [0, 0.05) is 47.8 Å². The molecule has 1 aliphatic rings. The van der Waals surface area contributed by atoms with Crippen molar-refractivity contribution >= 4 is 38.7 Å². The highest BCUT2D eigenvalue weighted by Gasteiger charge is 2.18. The SMILES string of the molecule is ClCCCCN1CCN(c2cccc3sccc23)CC1. The van der Waals surface area contributed by atoms with Crippen LogP contribution in [0.4, 0.5) is 5.69 Å². The van der Waals surface area contributed by atoms with Crippen LogP contribution in [0.3, 0.4) is 0 Å². The van der Waals surface area contributed by atoms with Crippen LogP contribution >= 0.6 is 22.9 Å². The maximum Gasteiger partial charge on any atom is 0.0455 e. The maximum absolute atomic E-state index is 5.74. The lowest BCUT2D eigenvalue weighted by Gasteiger charge is -2.36. The van der Waals surface area contributed by atoms with Gasteiger partial charge in [-0.05, 0) is 43.0 Å². The van der Waals surface area contributed by atoms with E-state index in [-0.39, 0.29) is 0 Å². The fraction of sp³-hybridized carbons (Fsp3) is 0.500. The lowest BCUT2D eigenvalue weighted by Crippen LogP contribution is -2.46. The Kier molecular flexibility index (Phi) is 4.81. The van der Waals surface area contributed by atoms with E-state index in [1.54, 1.807) is 0 Å². The molecule has 1 saturated heterocycles.